The molecule has 1 aromatic carbocycles. The lowest BCUT2D eigenvalue weighted by Crippen LogP contribution is -2.48. The quantitative estimate of drug-likeness (QED) is 0.806. The molecule has 1 atom stereocenters. The highest BCUT2D eigenvalue weighted by molar-refractivity contribution is 6.39. The zero-order valence-corrected chi connectivity index (χ0v) is 11.8. The lowest BCUT2D eigenvalue weighted by Gasteiger charge is -2.31. The van der Waals surface area contributed by atoms with Gasteiger partial charge in [0.15, 0.2) is 6.10 Å². The second-order valence-corrected chi connectivity index (χ2v) is 5.12. The minimum atomic E-state index is -1.10. The number of carbonyl (C=O) groups excluding carboxylic acids is 1. The Morgan fingerprint density at radius 2 is 1.95 bits per heavy atom. The molecule has 108 valence electrons. The summed E-state index contributed by atoms with van der Waals surface area (Å²) in [6.07, 6.45) is -1.02. The number of ether oxygens (including phenoxy) is 1. The standard InChI is InChI=1S/C12H12Cl2N2O4/c13-7-3-6(4-8(14)10(7)15)11(17)16-1-2-20-9(5-16)12(18)19/h3-4,9H,1-2,5,15H2,(H,18,19). The number of aliphatic carboxylic acids is 1. The molecule has 0 spiro atoms. The van der Waals surface area contributed by atoms with E-state index in [1.807, 2.05) is 0 Å². The zero-order chi connectivity index (χ0) is 14.9. The molecule has 0 saturated carbocycles. The number of carboxylic acids is 1. The highest BCUT2D eigenvalue weighted by Crippen LogP contribution is 2.29. The largest absolute Gasteiger partial charge is 0.479 e. The van der Waals surface area contributed by atoms with Crippen LogP contribution in [0.25, 0.3) is 0 Å². The molecule has 1 unspecified atom stereocenters. The fourth-order valence-electron chi connectivity index (χ4n) is 1.87. The number of hydrogen-bond acceptors (Lipinski definition) is 4. The summed E-state index contributed by atoms with van der Waals surface area (Å²) in [5, 5.41) is 9.28. The van der Waals surface area contributed by atoms with Crippen molar-refractivity contribution in [3.63, 3.8) is 0 Å². The number of anilines is 1. The van der Waals surface area contributed by atoms with Gasteiger partial charge in [-0.1, -0.05) is 23.2 Å². The molecule has 1 saturated heterocycles. The van der Waals surface area contributed by atoms with Crippen molar-refractivity contribution >= 4 is 40.8 Å². The second kappa shape index (κ2) is 5.87. The summed E-state index contributed by atoms with van der Waals surface area (Å²) in [5.41, 5.74) is 6.07. The molecule has 1 amide bonds. The van der Waals surface area contributed by atoms with Gasteiger partial charge in [-0.3, -0.25) is 4.79 Å². The van der Waals surface area contributed by atoms with Crippen LogP contribution in [-0.2, 0) is 9.53 Å². The van der Waals surface area contributed by atoms with E-state index < -0.39 is 12.1 Å². The van der Waals surface area contributed by atoms with Crippen LogP contribution in [0.3, 0.4) is 0 Å². The lowest BCUT2D eigenvalue weighted by atomic mass is 10.1. The number of hydrogen-bond donors (Lipinski definition) is 2. The zero-order valence-electron chi connectivity index (χ0n) is 10.3. The average Bonchev–Trinajstić information content (AvgIpc) is 2.43. The number of carboxylic acid groups (broad SMARTS) is 1. The first kappa shape index (κ1) is 14.9. The van der Waals surface area contributed by atoms with Gasteiger partial charge in [0.2, 0.25) is 0 Å². The Morgan fingerprint density at radius 3 is 2.50 bits per heavy atom. The molecule has 2 rings (SSSR count). The summed E-state index contributed by atoms with van der Waals surface area (Å²) in [5.74, 6) is -1.46. The van der Waals surface area contributed by atoms with Crippen LogP contribution in [-0.4, -0.2) is 47.7 Å². The Bertz CT molecular complexity index is 541. The molecule has 0 radical (unpaired) electrons. The van der Waals surface area contributed by atoms with E-state index in [1.165, 1.54) is 17.0 Å². The number of carbonyl (C=O) groups is 2. The van der Waals surface area contributed by atoms with E-state index in [-0.39, 0.29) is 40.4 Å². The molecule has 0 aliphatic carbocycles. The maximum Gasteiger partial charge on any atom is 0.334 e. The molecule has 0 bridgehead atoms. The Balaban J connectivity index is 2.21. The fourth-order valence-corrected chi connectivity index (χ4v) is 2.36. The molecular weight excluding hydrogens is 307 g/mol. The van der Waals surface area contributed by atoms with Gasteiger partial charge < -0.3 is 20.5 Å². The summed E-state index contributed by atoms with van der Waals surface area (Å²) < 4.78 is 5.06. The van der Waals surface area contributed by atoms with E-state index in [1.54, 1.807) is 0 Å². The Morgan fingerprint density at radius 1 is 1.35 bits per heavy atom. The Kier molecular flexibility index (Phi) is 4.37. The molecule has 20 heavy (non-hydrogen) atoms. The maximum absolute atomic E-state index is 12.3. The summed E-state index contributed by atoms with van der Waals surface area (Å²) in [7, 11) is 0. The van der Waals surface area contributed by atoms with E-state index >= 15 is 0 Å². The highest BCUT2D eigenvalue weighted by Gasteiger charge is 2.29. The van der Waals surface area contributed by atoms with Crippen molar-refractivity contribution in [2.45, 2.75) is 6.10 Å². The Labute approximate surface area is 125 Å². The predicted molar refractivity (Wildman–Crippen MR) is 74.2 cm³/mol. The number of morpholine rings is 1. The van der Waals surface area contributed by atoms with E-state index in [4.69, 9.17) is 38.8 Å². The molecule has 6 nitrogen and oxygen atoms in total. The van der Waals surface area contributed by atoms with Gasteiger partial charge >= 0.3 is 5.97 Å². The van der Waals surface area contributed by atoms with Gasteiger partial charge in [-0.2, -0.15) is 0 Å². The van der Waals surface area contributed by atoms with Crippen LogP contribution in [0.5, 0.6) is 0 Å². The van der Waals surface area contributed by atoms with Crippen molar-refractivity contribution in [3.8, 4) is 0 Å². The van der Waals surface area contributed by atoms with Crippen molar-refractivity contribution in [1.82, 2.24) is 4.90 Å². The minimum Gasteiger partial charge on any atom is -0.479 e. The first-order valence-corrected chi connectivity index (χ1v) is 6.54. The molecule has 8 heteroatoms. The highest BCUT2D eigenvalue weighted by atomic mass is 35.5. The van der Waals surface area contributed by atoms with Crippen molar-refractivity contribution < 1.29 is 19.4 Å². The van der Waals surface area contributed by atoms with Crippen LogP contribution in [0, 0.1) is 0 Å². The van der Waals surface area contributed by atoms with Gasteiger partial charge in [0.05, 0.1) is 28.9 Å². The Hall–Kier alpha value is -1.50. The smallest absolute Gasteiger partial charge is 0.334 e. The third-order valence-electron chi connectivity index (χ3n) is 2.96. The van der Waals surface area contributed by atoms with Gasteiger partial charge in [0.25, 0.3) is 5.91 Å². The molecule has 1 heterocycles. The number of halogens is 2. The normalized spacial score (nSPS) is 18.9. The average molecular weight is 319 g/mol. The summed E-state index contributed by atoms with van der Waals surface area (Å²) >= 11 is 11.8. The minimum absolute atomic E-state index is 0.0201. The molecule has 1 fully saturated rings. The molecule has 1 aromatic rings. The summed E-state index contributed by atoms with van der Waals surface area (Å²) in [4.78, 5) is 24.6. The van der Waals surface area contributed by atoms with Gasteiger partial charge in [0.1, 0.15) is 0 Å². The molecule has 3 N–H and O–H groups in total. The molecular formula is C12H12Cl2N2O4. The van der Waals surface area contributed by atoms with Crippen LogP contribution >= 0.6 is 23.2 Å². The second-order valence-electron chi connectivity index (χ2n) is 4.30. The lowest BCUT2D eigenvalue weighted by molar-refractivity contribution is -0.154. The van der Waals surface area contributed by atoms with Crippen molar-refractivity contribution in [1.29, 1.82) is 0 Å². The fraction of sp³-hybridized carbons (Fsp3) is 0.333. The summed E-state index contributed by atoms with van der Waals surface area (Å²) in [6.45, 7) is 0.454. The SMILES string of the molecule is Nc1c(Cl)cc(C(=O)N2CCOC(C(=O)O)C2)cc1Cl. The number of nitrogen functional groups attached to an aromatic ring is 1. The number of nitrogens with zero attached hydrogens (tertiary/aromatic N) is 1. The first-order valence-electron chi connectivity index (χ1n) is 5.78. The topological polar surface area (TPSA) is 92.9 Å². The maximum atomic E-state index is 12.3. The predicted octanol–water partition coefficient (Wildman–Crippen LogP) is 1.50. The number of rotatable bonds is 2. The van der Waals surface area contributed by atoms with E-state index in [0.29, 0.717) is 6.54 Å². The first-order chi connectivity index (χ1) is 9.40. The van der Waals surface area contributed by atoms with Crippen LogP contribution in [0.15, 0.2) is 12.1 Å². The van der Waals surface area contributed by atoms with Crippen LogP contribution < -0.4 is 5.73 Å². The van der Waals surface area contributed by atoms with Gasteiger partial charge in [0, 0.05) is 12.1 Å². The van der Waals surface area contributed by atoms with E-state index in [0.717, 1.165) is 0 Å². The van der Waals surface area contributed by atoms with Crippen LogP contribution in [0.1, 0.15) is 10.4 Å². The number of benzene rings is 1. The van der Waals surface area contributed by atoms with Crippen LogP contribution in [0.4, 0.5) is 5.69 Å². The number of amides is 1. The third kappa shape index (κ3) is 2.98. The number of nitrogens with two attached hydrogens (primary N) is 1. The molecule has 1 aliphatic rings. The van der Waals surface area contributed by atoms with Crippen LogP contribution in [0.2, 0.25) is 10.0 Å². The van der Waals surface area contributed by atoms with Crippen molar-refractivity contribution in [2.75, 3.05) is 25.4 Å². The van der Waals surface area contributed by atoms with Crippen molar-refractivity contribution in [2.24, 2.45) is 0 Å². The summed E-state index contributed by atoms with van der Waals surface area (Å²) in [6, 6.07) is 2.83. The molecule has 0 aromatic heterocycles. The van der Waals surface area contributed by atoms with Crippen molar-refractivity contribution in [3.05, 3.63) is 27.7 Å². The van der Waals surface area contributed by atoms with Gasteiger partial charge in [-0.25, -0.2) is 4.79 Å². The third-order valence-corrected chi connectivity index (χ3v) is 3.58. The van der Waals surface area contributed by atoms with Gasteiger partial charge in [-0.15, -0.1) is 0 Å². The van der Waals surface area contributed by atoms with E-state index in [9.17, 15) is 9.59 Å². The monoisotopic (exact) mass is 318 g/mol. The molecule has 1 aliphatic heterocycles. The van der Waals surface area contributed by atoms with Gasteiger partial charge in [-0.05, 0) is 12.1 Å². The van der Waals surface area contributed by atoms with E-state index in [2.05, 4.69) is 0 Å².